The molecular weight excluding hydrogens is 148 g/mol. The van der Waals surface area contributed by atoms with Crippen molar-refractivity contribution in [1.82, 2.24) is 0 Å². The van der Waals surface area contributed by atoms with Crippen LogP contribution in [0.1, 0.15) is 13.8 Å². The fourth-order valence-electron chi connectivity index (χ4n) is 1.05. The van der Waals surface area contributed by atoms with Gasteiger partial charge in [-0.05, 0) is 13.8 Å². The first-order chi connectivity index (χ1) is 5.04. The molecule has 1 atom stereocenters. The number of hydrogen-bond acceptors (Lipinski definition) is 3. The second kappa shape index (κ2) is 2.38. The van der Waals surface area contributed by atoms with Crippen molar-refractivity contribution in [3.63, 3.8) is 0 Å². The second-order valence-electron chi connectivity index (χ2n) is 2.42. The molecule has 0 aromatic rings. The van der Waals surface area contributed by atoms with Crippen molar-refractivity contribution in [3.8, 4) is 0 Å². The summed E-state index contributed by atoms with van der Waals surface area (Å²) in [6, 6.07) is 0. The highest BCUT2D eigenvalue weighted by Crippen LogP contribution is 2.25. The van der Waals surface area contributed by atoms with E-state index in [0.717, 1.165) is 0 Å². The highest BCUT2D eigenvalue weighted by molar-refractivity contribution is 5.97. The van der Waals surface area contributed by atoms with Crippen molar-refractivity contribution < 1.29 is 19.4 Å². The average Bonchev–Trinajstić information content (AvgIpc) is 2.07. The van der Waals surface area contributed by atoms with Gasteiger partial charge < -0.3 is 9.84 Å². The van der Waals surface area contributed by atoms with Gasteiger partial charge in [0.1, 0.15) is 5.76 Å². The van der Waals surface area contributed by atoms with Gasteiger partial charge in [0, 0.05) is 0 Å². The van der Waals surface area contributed by atoms with Crippen molar-refractivity contribution in [2.45, 2.75) is 13.8 Å². The molecule has 1 N–H and O–H groups in total. The van der Waals surface area contributed by atoms with Gasteiger partial charge in [-0.25, -0.2) is 4.79 Å². The second-order valence-corrected chi connectivity index (χ2v) is 2.42. The number of cyclic esters (lactones) is 1. The Hall–Kier alpha value is -1.32. The van der Waals surface area contributed by atoms with Gasteiger partial charge in [0.25, 0.3) is 0 Å². The number of carbonyl (C=O) groups excluding carboxylic acids is 1. The lowest BCUT2D eigenvalue weighted by Gasteiger charge is -1.96. The maximum Gasteiger partial charge on any atom is 0.335 e. The van der Waals surface area contributed by atoms with Crippen LogP contribution < -0.4 is 0 Å². The van der Waals surface area contributed by atoms with Crippen LogP contribution in [0.3, 0.4) is 0 Å². The van der Waals surface area contributed by atoms with Crippen LogP contribution in [0.4, 0.5) is 0 Å². The molecule has 4 heteroatoms. The topological polar surface area (TPSA) is 63.6 Å². The van der Waals surface area contributed by atoms with E-state index in [1.807, 2.05) is 0 Å². The highest BCUT2D eigenvalue weighted by atomic mass is 16.5. The molecule has 0 aliphatic carbocycles. The fourth-order valence-corrected chi connectivity index (χ4v) is 1.05. The lowest BCUT2D eigenvalue weighted by molar-refractivity contribution is -0.141. The molecule has 1 aliphatic heterocycles. The highest BCUT2D eigenvalue weighted by Gasteiger charge is 2.34. The van der Waals surface area contributed by atoms with Crippen LogP contribution >= 0.6 is 0 Å². The largest absolute Gasteiger partial charge is 0.478 e. The van der Waals surface area contributed by atoms with E-state index in [0.29, 0.717) is 0 Å². The number of ether oxygens (including phenoxy) is 1. The van der Waals surface area contributed by atoms with Gasteiger partial charge >= 0.3 is 11.9 Å². The Morgan fingerprint density at radius 1 is 1.64 bits per heavy atom. The summed E-state index contributed by atoms with van der Waals surface area (Å²) in [6.07, 6.45) is 0. The van der Waals surface area contributed by atoms with Gasteiger partial charge in [0.2, 0.25) is 0 Å². The third-order valence-electron chi connectivity index (χ3n) is 1.65. The quantitative estimate of drug-likeness (QED) is 0.562. The van der Waals surface area contributed by atoms with E-state index in [1.54, 1.807) is 0 Å². The summed E-state index contributed by atoms with van der Waals surface area (Å²) in [4.78, 5) is 21.2. The smallest absolute Gasteiger partial charge is 0.335 e. The molecule has 0 saturated carbocycles. The third-order valence-corrected chi connectivity index (χ3v) is 1.65. The van der Waals surface area contributed by atoms with Gasteiger partial charge in [-0.3, -0.25) is 4.79 Å². The monoisotopic (exact) mass is 156 g/mol. The minimum atomic E-state index is -1.08. The molecule has 0 amide bonds. The summed E-state index contributed by atoms with van der Waals surface area (Å²) in [5.74, 6) is -2.00. The van der Waals surface area contributed by atoms with Crippen molar-refractivity contribution >= 4 is 11.9 Å². The molecule has 0 aromatic carbocycles. The summed E-state index contributed by atoms with van der Waals surface area (Å²) < 4.78 is 4.61. The number of esters is 1. The number of allylic oxidation sites excluding steroid dienone is 1. The number of carboxylic acids is 1. The van der Waals surface area contributed by atoms with E-state index in [4.69, 9.17) is 5.11 Å². The molecule has 0 fully saturated rings. The first-order valence-corrected chi connectivity index (χ1v) is 3.19. The lowest BCUT2D eigenvalue weighted by Crippen LogP contribution is -2.12. The van der Waals surface area contributed by atoms with E-state index < -0.39 is 17.9 Å². The number of rotatable bonds is 1. The SMILES string of the molecule is CC1=C(C(=O)O)C(C)C(=O)O1. The molecule has 0 radical (unpaired) electrons. The van der Waals surface area contributed by atoms with Crippen molar-refractivity contribution in [2.75, 3.05) is 0 Å². The van der Waals surface area contributed by atoms with Gasteiger partial charge in [-0.15, -0.1) is 0 Å². The van der Waals surface area contributed by atoms with E-state index in [1.165, 1.54) is 13.8 Å². The minimum Gasteiger partial charge on any atom is -0.478 e. The standard InChI is InChI=1S/C7H8O4/c1-3-5(6(8)9)4(2)11-7(3)10/h3H,1-2H3,(H,8,9). The first-order valence-electron chi connectivity index (χ1n) is 3.19. The number of carboxylic acid groups (broad SMARTS) is 1. The van der Waals surface area contributed by atoms with Gasteiger partial charge in [0.15, 0.2) is 0 Å². The van der Waals surface area contributed by atoms with Crippen LogP contribution in [0.5, 0.6) is 0 Å². The molecule has 1 rings (SSSR count). The fraction of sp³-hybridized carbons (Fsp3) is 0.429. The zero-order valence-corrected chi connectivity index (χ0v) is 6.25. The molecule has 60 valence electrons. The average molecular weight is 156 g/mol. The number of hydrogen-bond donors (Lipinski definition) is 1. The van der Waals surface area contributed by atoms with Gasteiger partial charge in [0.05, 0.1) is 11.5 Å². The van der Waals surface area contributed by atoms with E-state index in [2.05, 4.69) is 4.74 Å². The number of carbonyl (C=O) groups is 2. The molecule has 0 saturated heterocycles. The zero-order valence-electron chi connectivity index (χ0n) is 6.25. The van der Waals surface area contributed by atoms with E-state index >= 15 is 0 Å². The van der Waals surface area contributed by atoms with Crippen LogP contribution in [-0.4, -0.2) is 17.0 Å². The predicted octanol–water partition coefficient (Wildman–Crippen LogP) is 0.538. The van der Waals surface area contributed by atoms with Crippen LogP contribution in [0.2, 0.25) is 0 Å². The Labute approximate surface area is 63.5 Å². The van der Waals surface area contributed by atoms with Crippen molar-refractivity contribution in [1.29, 1.82) is 0 Å². The van der Waals surface area contributed by atoms with Crippen molar-refractivity contribution in [2.24, 2.45) is 5.92 Å². The molecule has 1 aliphatic rings. The third kappa shape index (κ3) is 1.11. The molecular formula is C7H8O4. The number of aliphatic carboxylic acids is 1. The summed E-state index contributed by atoms with van der Waals surface area (Å²) in [5.41, 5.74) is 0.0648. The van der Waals surface area contributed by atoms with Crippen LogP contribution in [-0.2, 0) is 14.3 Å². The van der Waals surface area contributed by atoms with Crippen molar-refractivity contribution in [3.05, 3.63) is 11.3 Å². The van der Waals surface area contributed by atoms with Gasteiger partial charge in [-0.2, -0.15) is 0 Å². The van der Waals surface area contributed by atoms with Crippen LogP contribution in [0.15, 0.2) is 11.3 Å². The summed E-state index contributed by atoms with van der Waals surface area (Å²) in [7, 11) is 0. The maximum atomic E-state index is 10.8. The molecule has 0 bridgehead atoms. The Morgan fingerprint density at radius 3 is 2.36 bits per heavy atom. The molecule has 0 aromatic heterocycles. The van der Waals surface area contributed by atoms with Crippen LogP contribution in [0, 0.1) is 5.92 Å². The summed E-state index contributed by atoms with van der Waals surface area (Å²) in [6.45, 7) is 2.99. The van der Waals surface area contributed by atoms with E-state index in [9.17, 15) is 9.59 Å². The first kappa shape index (κ1) is 7.78. The molecule has 1 unspecified atom stereocenters. The zero-order chi connectivity index (χ0) is 8.59. The van der Waals surface area contributed by atoms with Gasteiger partial charge in [-0.1, -0.05) is 0 Å². The molecule has 0 spiro atoms. The summed E-state index contributed by atoms with van der Waals surface area (Å²) >= 11 is 0. The summed E-state index contributed by atoms with van der Waals surface area (Å²) in [5, 5.41) is 8.58. The van der Waals surface area contributed by atoms with Crippen LogP contribution in [0.25, 0.3) is 0 Å². The molecule has 11 heavy (non-hydrogen) atoms. The Kier molecular flexibility index (Phi) is 1.68. The van der Waals surface area contributed by atoms with E-state index in [-0.39, 0.29) is 11.3 Å². The Bertz CT molecular complexity index is 251. The Balaban J connectivity index is 3.01. The normalized spacial score (nSPS) is 23.8. The Morgan fingerprint density at radius 2 is 2.18 bits per heavy atom. The predicted molar refractivity (Wildman–Crippen MR) is 35.6 cm³/mol. The lowest BCUT2D eigenvalue weighted by atomic mass is 10.0. The minimum absolute atomic E-state index is 0.0648. The molecule has 1 heterocycles. The molecule has 4 nitrogen and oxygen atoms in total. The maximum absolute atomic E-state index is 10.8.